The lowest BCUT2D eigenvalue weighted by Crippen LogP contribution is -2.68. The minimum atomic E-state index is -2.13. The third-order valence-corrected chi connectivity index (χ3v) is 12.6. The minimum Gasteiger partial charge on any atom is -0.394 e. The molecule has 0 spiro atoms. The van der Waals surface area contributed by atoms with Gasteiger partial charge < -0.3 is 144 Å². The molecule has 22 fully saturated rings. The first-order valence-electron chi connectivity index (χ1n) is 21.0. The monoisotopic (exact) mass is 956 g/mol. The number of hydrogen-bond acceptors (Lipinski definition) is 29. The summed E-state index contributed by atoms with van der Waals surface area (Å²) in [4.78, 5) is 0. The van der Waals surface area contributed by atoms with Crippen molar-refractivity contribution in [1.29, 1.82) is 0 Å². The molecule has 22 saturated heterocycles. The minimum absolute atomic E-state index is 0.450. The Balaban J connectivity index is 1.18. The fourth-order valence-corrected chi connectivity index (χ4v) is 8.89. The Morgan fingerprint density at radius 3 is 0.708 bits per heavy atom. The zero-order valence-electron chi connectivity index (χ0n) is 34.2. The van der Waals surface area contributed by atoms with Crippen LogP contribution in [0.25, 0.3) is 0 Å². The molecule has 22 aliphatic rings. The highest BCUT2D eigenvalue weighted by Gasteiger charge is 2.57. The summed E-state index contributed by atoms with van der Waals surface area (Å²) >= 11 is 0. The van der Waals surface area contributed by atoms with Gasteiger partial charge in [-0.1, -0.05) is 0 Å². The van der Waals surface area contributed by atoms with Crippen LogP contribution in [0.15, 0.2) is 0 Å². The van der Waals surface area contributed by atoms with E-state index in [0.29, 0.717) is 0 Å². The SMILES string of the molecule is OCC1O[C@H]2O[C@H]3C(CO)O[C@@H](O[C@H]4C(CO)O[C@@H](O[C@H]5C(CO)O[C@@H](O[C@H]6CC(O)[C@@H](OC6CO)O[C@H]6C(CO)O[C@@H](OC1[C@H](O)C2O)C(O)[C@H]6O)C(O)[C@H]5O)C(O)[C@H]4O)C(O)[C@H]3O. The Hall–Kier alpha value is -1.16. The average Bonchev–Trinajstić information content (AvgIpc) is 3.30. The Morgan fingerprint density at radius 2 is 0.462 bits per heavy atom. The molecule has 22 heterocycles. The second-order valence-corrected chi connectivity index (χ2v) is 16.7. The second-order valence-electron chi connectivity index (χ2n) is 16.7. The van der Waals surface area contributed by atoms with E-state index in [1.165, 1.54) is 0 Å². The average molecular weight is 957 g/mol. The molecule has 13 unspecified atom stereocenters. The molecule has 0 amide bonds. The van der Waals surface area contributed by atoms with Crippen molar-refractivity contribution in [3.8, 4) is 0 Å². The Labute approximate surface area is 367 Å². The fourth-order valence-electron chi connectivity index (χ4n) is 8.89. The first kappa shape index (κ1) is 51.7. The van der Waals surface area contributed by atoms with Gasteiger partial charge in [0.2, 0.25) is 0 Å². The van der Waals surface area contributed by atoms with E-state index >= 15 is 0 Å². The molecule has 65 heavy (non-hydrogen) atoms. The van der Waals surface area contributed by atoms with E-state index in [2.05, 4.69) is 0 Å². The lowest BCUT2D eigenvalue weighted by molar-refractivity contribution is -0.400. The molecule has 0 radical (unpaired) electrons. The van der Waals surface area contributed by atoms with Gasteiger partial charge in [-0.05, 0) is 0 Å². The van der Waals surface area contributed by atoms with E-state index in [1.807, 2.05) is 0 Å². The molecular weight excluding hydrogens is 896 g/mol. The van der Waals surface area contributed by atoms with Gasteiger partial charge >= 0.3 is 0 Å². The van der Waals surface area contributed by atoms with E-state index < -0.39 is 224 Å². The molecule has 0 aliphatic carbocycles. The molecule has 0 aromatic rings. The molecule has 17 N–H and O–H groups in total. The summed E-state index contributed by atoms with van der Waals surface area (Å²) in [5, 5.41) is 184. The topological polar surface area (TPSA) is 455 Å². The van der Waals surface area contributed by atoms with Crippen molar-refractivity contribution in [2.24, 2.45) is 0 Å². The van der Waals surface area contributed by atoms with Gasteiger partial charge in [-0.2, -0.15) is 0 Å². The Kier molecular flexibility index (Phi) is 17.4. The van der Waals surface area contributed by atoms with Crippen LogP contribution in [-0.2, 0) is 56.8 Å². The van der Waals surface area contributed by atoms with Gasteiger partial charge in [0.1, 0.15) is 134 Å². The molecule has 0 aromatic heterocycles. The van der Waals surface area contributed by atoms with E-state index in [1.54, 1.807) is 0 Å². The maximum Gasteiger partial charge on any atom is 0.187 e. The van der Waals surface area contributed by atoms with Gasteiger partial charge in [0.25, 0.3) is 0 Å². The molecule has 378 valence electrons. The summed E-state index contributed by atoms with van der Waals surface area (Å²) in [6.45, 7) is -5.63. The molecule has 0 saturated carbocycles. The van der Waals surface area contributed by atoms with Crippen molar-refractivity contribution in [2.45, 2.75) is 185 Å². The summed E-state index contributed by atoms with van der Waals surface area (Å²) in [6.07, 6.45) is -53.9. The van der Waals surface area contributed by atoms with Crippen molar-refractivity contribution in [1.82, 2.24) is 0 Å². The summed E-state index contributed by atoms with van der Waals surface area (Å²) < 4.78 is 68.4. The summed E-state index contributed by atoms with van der Waals surface area (Å²) in [5.41, 5.74) is 0. The lowest BCUT2D eigenvalue weighted by Gasteiger charge is -2.50. The van der Waals surface area contributed by atoms with Crippen molar-refractivity contribution in [3.05, 3.63) is 0 Å². The van der Waals surface area contributed by atoms with Crippen LogP contribution >= 0.6 is 0 Å². The molecular formula is C36H60O29. The van der Waals surface area contributed by atoms with Gasteiger partial charge in [-0.3, -0.25) is 0 Å². The van der Waals surface area contributed by atoms with E-state index in [-0.39, 0.29) is 0 Å². The van der Waals surface area contributed by atoms with Crippen molar-refractivity contribution < 1.29 is 144 Å². The number of hydrogen-bond donors (Lipinski definition) is 17. The van der Waals surface area contributed by atoms with Crippen molar-refractivity contribution in [3.63, 3.8) is 0 Å². The number of aliphatic hydroxyl groups is 17. The maximum atomic E-state index is 11.2. The van der Waals surface area contributed by atoms with Crippen LogP contribution in [0, 0.1) is 0 Å². The predicted octanol–water partition coefficient (Wildman–Crippen LogP) is -12.0. The number of rotatable bonds is 6. The lowest BCUT2D eigenvalue weighted by atomic mass is 9.95. The third kappa shape index (κ3) is 10.2. The number of aliphatic hydroxyl groups excluding tert-OH is 17. The normalized spacial score (nSPS) is 54.9. The molecule has 12 bridgehead atoms. The fraction of sp³-hybridized carbons (Fsp3) is 1.00. The van der Waals surface area contributed by atoms with Crippen LogP contribution in [0.3, 0.4) is 0 Å². The molecule has 0 aromatic carbocycles. The van der Waals surface area contributed by atoms with Crippen LogP contribution in [-0.4, -0.2) is 305 Å². The first-order valence-corrected chi connectivity index (χ1v) is 21.0. The van der Waals surface area contributed by atoms with E-state index in [0.717, 1.165) is 0 Å². The van der Waals surface area contributed by atoms with Crippen LogP contribution in [0.2, 0.25) is 0 Å². The highest BCUT2D eigenvalue weighted by atomic mass is 16.8. The maximum absolute atomic E-state index is 11.2. The smallest absolute Gasteiger partial charge is 0.187 e. The predicted molar refractivity (Wildman–Crippen MR) is 194 cm³/mol. The van der Waals surface area contributed by atoms with Gasteiger partial charge in [0.05, 0.1) is 45.7 Å². The highest BCUT2D eigenvalue weighted by molar-refractivity contribution is 5.00. The molecule has 29 atom stereocenters. The largest absolute Gasteiger partial charge is 0.394 e. The van der Waals surface area contributed by atoms with Gasteiger partial charge in [0, 0.05) is 6.42 Å². The zero-order chi connectivity index (χ0) is 47.2. The quantitative estimate of drug-likeness (QED) is 0.118. The number of ether oxygens (including phenoxy) is 12. The Morgan fingerprint density at radius 1 is 0.246 bits per heavy atom. The van der Waals surface area contributed by atoms with Crippen LogP contribution in [0.5, 0.6) is 0 Å². The highest BCUT2D eigenvalue weighted by Crippen LogP contribution is 2.38. The van der Waals surface area contributed by atoms with Crippen molar-refractivity contribution in [2.75, 3.05) is 39.6 Å². The van der Waals surface area contributed by atoms with Crippen molar-refractivity contribution >= 4 is 0 Å². The van der Waals surface area contributed by atoms with Gasteiger partial charge in [-0.15, -0.1) is 0 Å². The Bertz CT molecular complexity index is 1480. The second kappa shape index (κ2) is 21.9. The van der Waals surface area contributed by atoms with E-state index in [9.17, 15) is 86.8 Å². The summed E-state index contributed by atoms with van der Waals surface area (Å²) in [7, 11) is 0. The van der Waals surface area contributed by atoms with Crippen LogP contribution < -0.4 is 0 Å². The molecule has 22 rings (SSSR count). The molecule has 22 aliphatic heterocycles. The summed E-state index contributed by atoms with van der Waals surface area (Å²) in [6, 6.07) is 0. The van der Waals surface area contributed by atoms with E-state index in [4.69, 9.17) is 56.8 Å². The molecule has 29 nitrogen and oxygen atoms in total. The molecule has 29 heteroatoms. The summed E-state index contributed by atoms with van der Waals surface area (Å²) in [5.74, 6) is 0. The standard InChI is InChI=1S/C36H60O29/c37-2-10-9-1-8(43)31(55-10)61-26-11(3-38)57-33(22(50)17(26)45)63-28-13(5-40)59-35(24(52)19(28)47)65-30-15(7-42)60-36(25(53)20(30)48)64-29-14(6-41)58-34(23(51)18(29)46)62-27-12(4-39)56-32(54-9)21(49)16(27)44/h8-53H,1-7H2/t8?,9-,10?,11?,12?,13?,14?,15?,16+,17+,18+,19+,20+,21?,22?,23?,24?,25?,26-,27-,28?,29-,30-,31-,32+,33-,34-,35-,36-/m0/s1. The van der Waals surface area contributed by atoms with Crippen LogP contribution in [0.1, 0.15) is 6.42 Å². The van der Waals surface area contributed by atoms with Gasteiger partial charge in [-0.25, -0.2) is 0 Å². The third-order valence-electron chi connectivity index (χ3n) is 12.6. The zero-order valence-corrected chi connectivity index (χ0v) is 34.2. The first-order chi connectivity index (χ1) is 31.0. The van der Waals surface area contributed by atoms with Gasteiger partial charge in [0.15, 0.2) is 37.7 Å². The van der Waals surface area contributed by atoms with Crippen LogP contribution in [0.4, 0.5) is 0 Å².